The van der Waals surface area contributed by atoms with Crippen LogP contribution in [-0.2, 0) is 0 Å². The Morgan fingerprint density at radius 2 is 2.21 bits per heavy atom. The fraction of sp³-hybridized carbons (Fsp3) is 0.273. The van der Waals surface area contributed by atoms with Crippen LogP contribution in [0.15, 0.2) is 28.7 Å². The molecule has 1 atom stereocenters. The van der Waals surface area contributed by atoms with E-state index in [1.165, 1.54) is 0 Å². The molecule has 1 fully saturated rings. The largest absolute Gasteiger partial charge is 0.459 e. The predicted molar refractivity (Wildman–Crippen MR) is 56.6 cm³/mol. The number of fused-ring (bicyclic) bond motifs is 1. The van der Waals surface area contributed by atoms with Crippen LogP contribution in [0.1, 0.15) is 18.2 Å². The molecule has 3 rings (SSSR count). The van der Waals surface area contributed by atoms with Gasteiger partial charge in [-0.3, -0.25) is 0 Å². The second-order valence-corrected chi connectivity index (χ2v) is 4.06. The van der Waals surface area contributed by atoms with Crippen LogP contribution in [0.4, 0.5) is 0 Å². The van der Waals surface area contributed by atoms with Crippen molar-refractivity contribution in [2.75, 3.05) is 6.54 Å². The first-order valence-corrected chi connectivity index (χ1v) is 5.13. The molecule has 1 saturated heterocycles. The van der Waals surface area contributed by atoms with Crippen LogP contribution in [0, 0.1) is 0 Å². The summed E-state index contributed by atoms with van der Waals surface area (Å²) in [7, 11) is 0. The molecule has 2 nitrogen and oxygen atoms in total. The Hall–Kier alpha value is -0.990. The van der Waals surface area contributed by atoms with E-state index in [0.717, 1.165) is 34.7 Å². The van der Waals surface area contributed by atoms with Gasteiger partial charge in [-0.25, -0.2) is 0 Å². The Balaban J connectivity index is 2.10. The maximum Gasteiger partial charge on any atom is 0.134 e. The summed E-state index contributed by atoms with van der Waals surface area (Å²) < 4.78 is 5.71. The molecule has 0 unspecified atom stereocenters. The predicted octanol–water partition coefficient (Wildman–Crippen LogP) is 3.12. The van der Waals surface area contributed by atoms with Crippen LogP contribution < -0.4 is 5.32 Å². The lowest BCUT2D eigenvalue weighted by Crippen LogP contribution is -2.34. The van der Waals surface area contributed by atoms with Gasteiger partial charge in [0.05, 0.1) is 6.04 Å². The van der Waals surface area contributed by atoms with Gasteiger partial charge in [0.15, 0.2) is 0 Å². The van der Waals surface area contributed by atoms with Crippen LogP contribution in [-0.4, -0.2) is 6.54 Å². The molecule has 0 radical (unpaired) electrons. The molecule has 0 bridgehead atoms. The summed E-state index contributed by atoms with van der Waals surface area (Å²) in [6.45, 7) is 1.09. The van der Waals surface area contributed by atoms with Crippen molar-refractivity contribution in [1.29, 1.82) is 0 Å². The van der Waals surface area contributed by atoms with Gasteiger partial charge in [-0.1, -0.05) is 11.6 Å². The lowest BCUT2D eigenvalue weighted by molar-refractivity contribution is 0.327. The Morgan fingerprint density at radius 3 is 2.93 bits per heavy atom. The highest BCUT2D eigenvalue weighted by molar-refractivity contribution is 6.31. The number of hydrogen-bond acceptors (Lipinski definition) is 2. The molecular weight excluding hydrogens is 198 g/mol. The van der Waals surface area contributed by atoms with Gasteiger partial charge >= 0.3 is 0 Å². The highest BCUT2D eigenvalue weighted by Crippen LogP contribution is 2.30. The maximum atomic E-state index is 5.90. The van der Waals surface area contributed by atoms with E-state index in [1.807, 2.05) is 18.2 Å². The maximum absolute atomic E-state index is 5.90. The van der Waals surface area contributed by atoms with E-state index in [9.17, 15) is 0 Å². The first kappa shape index (κ1) is 8.33. The van der Waals surface area contributed by atoms with E-state index in [1.54, 1.807) is 0 Å². The third-order valence-electron chi connectivity index (χ3n) is 2.66. The van der Waals surface area contributed by atoms with E-state index in [4.69, 9.17) is 16.0 Å². The average Bonchev–Trinajstić information content (AvgIpc) is 2.43. The molecule has 0 spiro atoms. The van der Waals surface area contributed by atoms with E-state index in [-0.39, 0.29) is 0 Å². The fourth-order valence-electron chi connectivity index (χ4n) is 1.74. The second kappa shape index (κ2) is 3.01. The van der Waals surface area contributed by atoms with Crippen molar-refractivity contribution < 1.29 is 4.42 Å². The summed E-state index contributed by atoms with van der Waals surface area (Å²) in [6.07, 6.45) is 1.16. The highest BCUT2D eigenvalue weighted by atomic mass is 35.5. The molecule has 1 aromatic heterocycles. The number of rotatable bonds is 1. The van der Waals surface area contributed by atoms with Crippen molar-refractivity contribution in [1.82, 2.24) is 5.32 Å². The molecule has 14 heavy (non-hydrogen) atoms. The van der Waals surface area contributed by atoms with Gasteiger partial charge in [0.25, 0.3) is 0 Å². The lowest BCUT2D eigenvalue weighted by atomic mass is 10.0. The lowest BCUT2D eigenvalue weighted by Gasteiger charge is -2.25. The van der Waals surface area contributed by atoms with Gasteiger partial charge in [-0.05, 0) is 37.2 Å². The molecule has 1 aromatic carbocycles. The van der Waals surface area contributed by atoms with Crippen molar-refractivity contribution in [3.8, 4) is 0 Å². The molecule has 0 amide bonds. The molecule has 1 N–H and O–H groups in total. The zero-order chi connectivity index (χ0) is 9.54. The minimum Gasteiger partial charge on any atom is -0.459 e. The van der Waals surface area contributed by atoms with Gasteiger partial charge < -0.3 is 9.73 Å². The molecule has 1 aliphatic rings. The molecule has 0 aliphatic carbocycles. The quantitative estimate of drug-likeness (QED) is 0.777. The van der Waals surface area contributed by atoms with Crippen LogP contribution in [0.25, 0.3) is 11.0 Å². The summed E-state index contributed by atoms with van der Waals surface area (Å²) in [5.41, 5.74) is 0.915. The molecule has 3 heteroatoms. The Labute approximate surface area is 86.8 Å². The molecule has 0 saturated carbocycles. The Kier molecular flexibility index (Phi) is 1.79. The van der Waals surface area contributed by atoms with Gasteiger partial charge in [0.1, 0.15) is 11.3 Å². The van der Waals surface area contributed by atoms with Gasteiger partial charge in [-0.2, -0.15) is 0 Å². The Morgan fingerprint density at radius 1 is 1.36 bits per heavy atom. The first-order valence-electron chi connectivity index (χ1n) is 4.75. The SMILES string of the molecule is Clc1ccc2oc([C@H]3CCN3)cc2c1. The van der Waals surface area contributed by atoms with Crippen LogP contribution in [0.2, 0.25) is 5.02 Å². The van der Waals surface area contributed by atoms with Crippen molar-refractivity contribution in [2.45, 2.75) is 12.5 Å². The van der Waals surface area contributed by atoms with Gasteiger partial charge in [0, 0.05) is 10.4 Å². The topological polar surface area (TPSA) is 25.2 Å². The van der Waals surface area contributed by atoms with Crippen LogP contribution in [0.5, 0.6) is 0 Å². The number of nitrogens with one attached hydrogen (secondary N) is 1. The smallest absolute Gasteiger partial charge is 0.134 e. The van der Waals surface area contributed by atoms with Crippen LogP contribution >= 0.6 is 11.6 Å². The van der Waals surface area contributed by atoms with E-state index >= 15 is 0 Å². The van der Waals surface area contributed by atoms with Crippen molar-refractivity contribution in [3.63, 3.8) is 0 Å². The number of hydrogen-bond donors (Lipinski definition) is 1. The molecule has 2 aromatic rings. The number of benzene rings is 1. The van der Waals surface area contributed by atoms with E-state index in [0.29, 0.717) is 6.04 Å². The van der Waals surface area contributed by atoms with E-state index < -0.39 is 0 Å². The summed E-state index contributed by atoms with van der Waals surface area (Å²) >= 11 is 5.90. The highest BCUT2D eigenvalue weighted by Gasteiger charge is 2.22. The third-order valence-corrected chi connectivity index (χ3v) is 2.90. The van der Waals surface area contributed by atoms with Crippen molar-refractivity contribution >= 4 is 22.6 Å². The van der Waals surface area contributed by atoms with Crippen LogP contribution in [0.3, 0.4) is 0 Å². The summed E-state index contributed by atoms with van der Waals surface area (Å²) in [5.74, 6) is 1.02. The normalized spacial score (nSPS) is 21.1. The molecular formula is C11H10ClNO. The molecule has 2 heterocycles. The van der Waals surface area contributed by atoms with Gasteiger partial charge in [0.2, 0.25) is 0 Å². The number of halogens is 1. The fourth-order valence-corrected chi connectivity index (χ4v) is 1.92. The zero-order valence-electron chi connectivity index (χ0n) is 7.59. The number of furan rings is 1. The standard InChI is InChI=1S/C11H10ClNO/c12-8-1-2-10-7(5-8)6-11(14-10)9-3-4-13-9/h1-2,5-6,9,13H,3-4H2/t9-/m1/s1. The summed E-state index contributed by atoms with van der Waals surface area (Å²) in [6, 6.07) is 8.17. The monoisotopic (exact) mass is 207 g/mol. The van der Waals surface area contributed by atoms with Crippen molar-refractivity contribution in [3.05, 3.63) is 35.0 Å². The second-order valence-electron chi connectivity index (χ2n) is 3.63. The molecule has 1 aliphatic heterocycles. The summed E-state index contributed by atoms with van der Waals surface area (Å²) in [4.78, 5) is 0. The average molecular weight is 208 g/mol. The third kappa shape index (κ3) is 1.22. The van der Waals surface area contributed by atoms with E-state index in [2.05, 4.69) is 11.4 Å². The first-order chi connectivity index (χ1) is 6.83. The van der Waals surface area contributed by atoms with Gasteiger partial charge in [-0.15, -0.1) is 0 Å². The summed E-state index contributed by atoms with van der Waals surface area (Å²) in [5, 5.41) is 5.15. The minimum absolute atomic E-state index is 0.404. The molecule has 72 valence electrons. The zero-order valence-corrected chi connectivity index (χ0v) is 8.34. The Bertz CT molecular complexity index is 473. The minimum atomic E-state index is 0.404. The van der Waals surface area contributed by atoms with Crippen molar-refractivity contribution in [2.24, 2.45) is 0 Å².